The largest absolute Gasteiger partial charge is 0.386 e. The minimum atomic E-state index is -4.19. The topological polar surface area (TPSA) is 104 Å². The van der Waals surface area contributed by atoms with Gasteiger partial charge in [-0.15, -0.1) is 0 Å². The number of aliphatic hydroxyl groups excluding tert-OH is 1. The van der Waals surface area contributed by atoms with Gasteiger partial charge in [0.1, 0.15) is 18.4 Å². The van der Waals surface area contributed by atoms with E-state index in [0.717, 1.165) is 42.4 Å². The van der Waals surface area contributed by atoms with Crippen molar-refractivity contribution in [1.82, 2.24) is 5.32 Å². The maximum absolute atomic E-state index is 12.7. The molecular formula is C32H59N2O5S+. The third-order valence-corrected chi connectivity index (χ3v) is 13.3. The summed E-state index contributed by atoms with van der Waals surface area (Å²) in [4.78, 5) is 12.7. The Labute approximate surface area is 244 Å². The third kappa shape index (κ3) is 7.26. The molecule has 5 unspecified atom stereocenters. The van der Waals surface area contributed by atoms with Crippen molar-refractivity contribution in [3.05, 3.63) is 0 Å². The first-order valence-electron chi connectivity index (χ1n) is 16.4. The van der Waals surface area contributed by atoms with Gasteiger partial charge in [0.2, 0.25) is 5.91 Å². The molecule has 9 atom stereocenters. The first-order chi connectivity index (χ1) is 18.6. The quantitative estimate of drug-likeness (QED) is 0.165. The number of quaternary nitrogens is 1. The van der Waals surface area contributed by atoms with Crippen molar-refractivity contribution < 1.29 is 27.4 Å². The van der Waals surface area contributed by atoms with E-state index in [0.29, 0.717) is 40.7 Å². The number of nitrogens with zero attached hydrogens (tertiary/aromatic N) is 1. The van der Waals surface area contributed by atoms with Gasteiger partial charge in [-0.25, -0.2) is 0 Å². The summed E-state index contributed by atoms with van der Waals surface area (Å²) in [6.45, 7) is 9.18. The second-order valence-corrected chi connectivity index (χ2v) is 17.1. The number of likely N-dealkylation sites (N-methyl/N-ethyl adjacent to an activating group) is 1. The maximum Gasteiger partial charge on any atom is 0.267 e. The van der Waals surface area contributed by atoms with Crippen molar-refractivity contribution in [3.63, 3.8) is 0 Å². The van der Waals surface area contributed by atoms with Crippen LogP contribution >= 0.6 is 0 Å². The number of aliphatic hydroxyl groups is 1. The molecule has 0 aromatic carbocycles. The van der Waals surface area contributed by atoms with Crippen LogP contribution in [0.1, 0.15) is 104 Å². The highest BCUT2D eigenvalue weighted by Crippen LogP contribution is 2.68. The lowest BCUT2D eigenvalue weighted by Gasteiger charge is -2.61. The molecule has 3 N–H and O–H groups in total. The Morgan fingerprint density at radius 1 is 1.00 bits per heavy atom. The smallest absolute Gasteiger partial charge is 0.267 e. The standard InChI is InChI=1S/C32H58N2O5S/c1-23(10-15-30(36)33-19-8-20-34(4,5)21-25(35)22-40(37,38)39)27-13-14-28-26-12-11-24-9-6-7-17-31(24,2)29(26)16-18-32(27,28)3/h23-29,35H,6-22H2,1-5H3,(H-,33,36,37,38,39)/p+1/t23-,24?,25?,26?,27-,28?,29?,31+,32-/m1/s1. The van der Waals surface area contributed by atoms with Gasteiger partial charge in [-0.2, -0.15) is 8.42 Å². The van der Waals surface area contributed by atoms with Crippen molar-refractivity contribution in [2.24, 2.45) is 46.3 Å². The summed E-state index contributed by atoms with van der Waals surface area (Å²) in [5, 5.41) is 13.0. The first-order valence-corrected chi connectivity index (χ1v) is 18.0. The molecule has 0 bridgehead atoms. The first kappa shape index (κ1) is 32.2. The Kier molecular flexibility index (Phi) is 10.1. The van der Waals surface area contributed by atoms with Gasteiger partial charge in [-0.3, -0.25) is 9.35 Å². The van der Waals surface area contributed by atoms with Gasteiger partial charge in [0.15, 0.2) is 0 Å². The lowest BCUT2D eigenvalue weighted by atomic mass is 9.44. The number of fused-ring (bicyclic) bond motifs is 5. The average Bonchev–Trinajstić information content (AvgIpc) is 3.20. The molecule has 0 radical (unpaired) electrons. The Hall–Kier alpha value is -0.700. The van der Waals surface area contributed by atoms with Crippen molar-refractivity contribution in [3.8, 4) is 0 Å². The minimum Gasteiger partial charge on any atom is -0.386 e. The molecule has 8 heteroatoms. The summed E-state index contributed by atoms with van der Waals surface area (Å²) in [6, 6.07) is 0. The Bertz CT molecular complexity index is 986. The fraction of sp³-hybridized carbons (Fsp3) is 0.969. The van der Waals surface area contributed by atoms with E-state index in [4.69, 9.17) is 4.55 Å². The van der Waals surface area contributed by atoms with Crippen molar-refractivity contribution in [2.45, 2.75) is 110 Å². The van der Waals surface area contributed by atoms with E-state index in [2.05, 4.69) is 26.1 Å². The summed E-state index contributed by atoms with van der Waals surface area (Å²) in [6.07, 6.45) is 15.5. The summed E-state index contributed by atoms with van der Waals surface area (Å²) < 4.78 is 31.4. The molecule has 0 aliphatic heterocycles. The number of amides is 1. The van der Waals surface area contributed by atoms with Crippen LogP contribution in [0.4, 0.5) is 0 Å². The number of nitrogens with one attached hydrogen (secondary N) is 1. The van der Waals surface area contributed by atoms with Crippen LogP contribution in [0.2, 0.25) is 0 Å². The van der Waals surface area contributed by atoms with Gasteiger partial charge in [0, 0.05) is 19.4 Å². The van der Waals surface area contributed by atoms with Crippen LogP contribution in [0, 0.1) is 46.3 Å². The van der Waals surface area contributed by atoms with E-state index in [1.807, 2.05) is 14.1 Å². The zero-order chi connectivity index (χ0) is 29.3. The van der Waals surface area contributed by atoms with Crippen LogP contribution in [0.15, 0.2) is 0 Å². The summed E-state index contributed by atoms with van der Waals surface area (Å²) in [5.41, 5.74) is 1.04. The highest BCUT2D eigenvalue weighted by molar-refractivity contribution is 7.85. The molecule has 4 fully saturated rings. The van der Waals surface area contributed by atoms with E-state index in [1.165, 1.54) is 64.2 Å². The van der Waals surface area contributed by atoms with E-state index >= 15 is 0 Å². The van der Waals surface area contributed by atoms with Gasteiger partial charge in [-0.05, 0) is 104 Å². The van der Waals surface area contributed by atoms with Gasteiger partial charge in [-0.1, -0.05) is 33.6 Å². The van der Waals surface area contributed by atoms with Crippen LogP contribution in [-0.4, -0.2) is 74.1 Å². The lowest BCUT2D eigenvalue weighted by molar-refractivity contribution is -0.893. The highest BCUT2D eigenvalue weighted by Gasteiger charge is 2.60. The van der Waals surface area contributed by atoms with E-state index < -0.39 is 22.0 Å². The Morgan fingerprint density at radius 3 is 2.45 bits per heavy atom. The monoisotopic (exact) mass is 583 g/mol. The van der Waals surface area contributed by atoms with Crippen LogP contribution in [-0.2, 0) is 14.9 Å². The van der Waals surface area contributed by atoms with Crippen LogP contribution in [0.25, 0.3) is 0 Å². The van der Waals surface area contributed by atoms with Gasteiger partial charge < -0.3 is 14.9 Å². The zero-order valence-electron chi connectivity index (χ0n) is 26.0. The summed E-state index contributed by atoms with van der Waals surface area (Å²) in [5.74, 6) is 4.50. The molecule has 4 rings (SSSR count). The number of carbonyl (C=O) groups excluding carboxylic acids is 1. The molecule has 4 saturated carbocycles. The highest BCUT2D eigenvalue weighted by atomic mass is 32.2. The Balaban J connectivity index is 1.20. The molecule has 0 saturated heterocycles. The van der Waals surface area contributed by atoms with Crippen molar-refractivity contribution in [1.29, 1.82) is 0 Å². The van der Waals surface area contributed by atoms with E-state index in [1.54, 1.807) is 0 Å². The SMILES string of the molecule is C[C@H](CCC(=O)NCCC[N+](C)(C)CC(O)CS(=O)(=O)O)[C@H]1CCC2C3CCC4CCCC[C@]4(C)C3CC[C@@]21C. The molecule has 40 heavy (non-hydrogen) atoms. The third-order valence-electron chi connectivity index (χ3n) is 12.5. The molecule has 232 valence electrons. The van der Waals surface area contributed by atoms with E-state index in [9.17, 15) is 18.3 Å². The predicted molar refractivity (Wildman–Crippen MR) is 160 cm³/mol. The number of carbonyl (C=O) groups is 1. The van der Waals surface area contributed by atoms with Crippen LogP contribution in [0.3, 0.4) is 0 Å². The molecule has 1 amide bonds. The lowest BCUT2D eigenvalue weighted by Crippen LogP contribution is -2.53. The van der Waals surface area contributed by atoms with Gasteiger partial charge >= 0.3 is 0 Å². The normalized spacial score (nSPS) is 37.6. The number of rotatable bonds is 12. The maximum atomic E-state index is 12.7. The van der Waals surface area contributed by atoms with Crippen LogP contribution in [0.5, 0.6) is 0 Å². The number of hydrogen-bond acceptors (Lipinski definition) is 4. The molecule has 4 aliphatic carbocycles. The fourth-order valence-electron chi connectivity index (χ4n) is 10.6. The van der Waals surface area contributed by atoms with Crippen LogP contribution < -0.4 is 5.32 Å². The summed E-state index contributed by atoms with van der Waals surface area (Å²) >= 11 is 0. The second-order valence-electron chi connectivity index (χ2n) is 15.6. The molecular weight excluding hydrogens is 524 g/mol. The second kappa shape index (κ2) is 12.5. The van der Waals surface area contributed by atoms with Gasteiger partial charge in [0.05, 0.1) is 20.6 Å². The molecule has 0 spiro atoms. The minimum absolute atomic E-state index is 0.121. The van der Waals surface area contributed by atoms with E-state index in [-0.39, 0.29) is 12.5 Å². The zero-order valence-corrected chi connectivity index (χ0v) is 26.9. The average molecular weight is 584 g/mol. The fourth-order valence-corrected chi connectivity index (χ4v) is 11.2. The molecule has 0 heterocycles. The Morgan fingerprint density at radius 2 is 1.73 bits per heavy atom. The molecule has 7 nitrogen and oxygen atoms in total. The number of hydrogen-bond donors (Lipinski definition) is 3. The van der Waals surface area contributed by atoms with Crippen molar-refractivity contribution in [2.75, 3.05) is 39.5 Å². The molecule has 4 aliphatic rings. The molecule has 0 aromatic heterocycles. The summed E-state index contributed by atoms with van der Waals surface area (Å²) in [7, 11) is -0.357. The van der Waals surface area contributed by atoms with Gasteiger partial charge in [0.25, 0.3) is 10.1 Å². The molecule has 0 aromatic rings. The van der Waals surface area contributed by atoms with Crippen molar-refractivity contribution >= 4 is 16.0 Å². The predicted octanol–water partition coefficient (Wildman–Crippen LogP) is 5.28.